The predicted octanol–water partition coefficient (Wildman–Crippen LogP) is 5.62. The average Bonchev–Trinajstić information content (AvgIpc) is 3.33. The van der Waals surface area contributed by atoms with Gasteiger partial charge in [0.1, 0.15) is 11.8 Å². The fraction of sp³-hybridized carbons (Fsp3) is 0.581. The van der Waals surface area contributed by atoms with Crippen LogP contribution in [0.1, 0.15) is 67.9 Å². The highest BCUT2D eigenvalue weighted by Gasteiger charge is 2.43. The number of aliphatic carboxylic acids is 1. The molecule has 3 atom stereocenters. The number of ether oxygens (including phenoxy) is 1. The van der Waals surface area contributed by atoms with Crippen LogP contribution in [0.2, 0.25) is 0 Å². The van der Waals surface area contributed by atoms with E-state index in [-0.39, 0.29) is 6.04 Å². The van der Waals surface area contributed by atoms with Crippen LogP contribution in [0.3, 0.4) is 0 Å². The number of carboxylic acids is 1. The highest BCUT2D eigenvalue weighted by atomic mass is 16.5. The predicted molar refractivity (Wildman–Crippen MR) is 144 cm³/mol. The molecule has 36 heavy (non-hydrogen) atoms. The molecule has 0 amide bonds. The summed E-state index contributed by atoms with van der Waals surface area (Å²) < 4.78 is 5.63. The van der Waals surface area contributed by atoms with E-state index in [0.29, 0.717) is 23.7 Å². The molecule has 1 aliphatic carbocycles. The lowest BCUT2D eigenvalue weighted by atomic mass is 9.83. The molecule has 194 valence electrons. The third kappa shape index (κ3) is 5.63. The van der Waals surface area contributed by atoms with Crippen molar-refractivity contribution in [3.8, 4) is 5.75 Å². The Hall–Kier alpha value is -2.37. The summed E-state index contributed by atoms with van der Waals surface area (Å²) in [6, 6.07) is 18.9. The van der Waals surface area contributed by atoms with Crippen LogP contribution in [0.15, 0.2) is 54.6 Å². The summed E-state index contributed by atoms with van der Waals surface area (Å²) in [4.78, 5) is 17.5. The summed E-state index contributed by atoms with van der Waals surface area (Å²) in [6.07, 6.45) is 8.02. The molecule has 3 fully saturated rings. The zero-order valence-corrected chi connectivity index (χ0v) is 21.7. The van der Waals surface area contributed by atoms with Crippen LogP contribution < -0.4 is 4.74 Å². The number of likely N-dealkylation sites (tertiary alicyclic amines) is 2. The lowest BCUT2D eigenvalue weighted by Crippen LogP contribution is -2.46. The minimum absolute atomic E-state index is 0.294. The molecule has 1 saturated carbocycles. The van der Waals surface area contributed by atoms with Gasteiger partial charge in [-0.25, -0.2) is 0 Å². The summed E-state index contributed by atoms with van der Waals surface area (Å²) in [5, 5.41) is 10.3. The van der Waals surface area contributed by atoms with E-state index in [1.807, 2.05) is 6.07 Å². The van der Waals surface area contributed by atoms with E-state index in [4.69, 9.17) is 4.74 Å². The van der Waals surface area contributed by atoms with Crippen molar-refractivity contribution in [2.75, 3.05) is 39.8 Å². The van der Waals surface area contributed by atoms with E-state index in [1.54, 1.807) is 7.11 Å². The normalized spacial score (nSPS) is 25.6. The van der Waals surface area contributed by atoms with E-state index in [1.165, 1.54) is 30.4 Å². The van der Waals surface area contributed by atoms with Gasteiger partial charge in [0.2, 0.25) is 0 Å². The molecule has 0 bridgehead atoms. The lowest BCUT2D eigenvalue weighted by molar-refractivity contribution is -0.145. The quantitative estimate of drug-likeness (QED) is 0.520. The third-order valence-electron chi connectivity index (χ3n) is 9.10. The second-order valence-corrected chi connectivity index (χ2v) is 11.2. The Morgan fingerprint density at radius 2 is 1.64 bits per heavy atom. The highest BCUT2D eigenvalue weighted by molar-refractivity contribution is 5.74. The topological polar surface area (TPSA) is 53.0 Å². The average molecular weight is 491 g/mol. The summed E-state index contributed by atoms with van der Waals surface area (Å²) in [5.41, 5.74) is 2.70. The molecule has 2 aromatic rings. The van der Waals surface area contributed by atoms with Crippen molar-refractivity contribution in [2.24, 2.45) is 11.8 Å². The Labute approximate surface area is 216 Å². The highest BCUT2D eigenvalue weighted by Crippen LogP contribution is 2.39. The molecule has 2 aromatic carbocycles. The van der Waals surface area contributed by atoms with Gasteiger partial charge in [-0.2, -0.15) is 0 Å². The van der Waals surface area contributed by atoms with Gasteiger partial charge in [-0.15, -0.1) is 0 Å². The van der Waals surface area contributed by atoms with Crippen LogP contribution in [0.5, 0.6) is 5.75 Å². The van der Waals surface area contributed by atoms with Gasteiger partial charge in [0.25, 0.3) is 0 Å². The number of nitrogens with zero attached hydrogens (tertiary/aromatic N) is 2. The van der Waals surface area contributed by atoms with Crippen LogP contribution in [0, 0.1) is 11.8 Å². The number of hydrogen-bond donors (Lipinski definition) is 1. The molecule has 5 nitrogen and oxygen atoms in total. The molecule has 2 heterocycles. The van der Waals surface area contributed by atoms with Crippen molar-refractivity contribution in [3.63, 3.8) is 0 Å². The Balaban J connectivity index is 1.28. The number of benzene rings is 2. The molecular weight excluding hydrogens is 448 g/mol. The molecule has 1 N–H and O–H groups in total. The molecule has 0 aromatic heterocycles. The summed E-state index contributed by atoms with van der Waals surface area (Å²) in [5.74, 6) is 2.08. The number of rotatable bonds is 8. The van der Waals surface area contributed by atoms with Gasteiger partial charge in [-0.1, -0.05) is 67.8 Å². The largest absolute Gasteiger partial charge is 0.496 e. The fourth-order valence-electron chi connectivity index (χ4n) is 7.26. The van der Waals surface area contributed by atoms with Gasteiger partial charge in [0, 0.05) is 25.6 Å². The van der Waals surface area contributed by atoms with Crippen molar-refractivity contribution in [1.82, 2.24) is 9.80 Å². The zero-order chi connectivity index (χ0) is 24.9. The summed E-state index contributed by atoms with van der Waals surface area (Å²) in [6.45, 7) is 4.97. The number of carboxylic acid groups (broad SMARTS) is 1. The van der Waals surface area contributed by atoms with Gasteiger partial charge in [0.05, 0.1) is 7.11 Å². The minimum atomic E-state index is -0.619. The molecule has 2 saturated heterocycles. The minimum Gasteiger partial charge on any atom is -0.496 e. The van der Waals surface area contributed by atoms with Crippen molar-refractivity contribution in [2.45, 2.75) is 62.8 Å². The van der Waals surface area contributed by atoms with E-state index < -0.39 is 5.97 Å². The van der Waals surface area contributed by atoms with Gasteiger partial charge in [-0.05, 0) is 73.7 Å². The third-order valence-corrected chi connectivity index (χ3v) is 9.10. The molecule has 0 radical (unpaired) electrons. The summed E-state index contributed by atoms with van der Waals surface area (Å²) >= 11 is 0. The van der Waals surface area contributed by atoms with Crippen LogP contribution in [0.4, 0.5) is 0 Å². The van der Waals surface area contributed by atoms with Crippen molar-refractivity contribution in [3.05, 3.63) is 65.7 Å². The molecule has 5 rings (SSSR count). The Morgan fingerprint density at radius 3 is 2.33 bits per heavy atom. The standard InChI is InChI=1S/C31H42N2O3/c1-36-29-15-9-8-14-27(29)24-16-18-32(19-17-24)20-26-21-33(22-28(26)23-10-4-2-5-11-23)30(31(34)35)25-12-6-3-7-13-25/h2,4-5,8-11,14-15,24-26,28,30H,3,6-7,12-13,16-22H2,1H3,(H,34,35)/t26-,28?,30+/m0/s1. The van der Waals surface area contributed by atoms with Gasteiger partial charge in [-0.3, -0.25) is 9.69 Å². The first-order valence-electron chi connectivity index (χ1n) is 14.0. The first-order chi connectivity index (χ1) is 17.6. The van der Waals surface area contributed by atoms with Crippen molar-refractivity contribution >= 4 is 5.97 Å². The number of carbonyl (C=O) groups is 1. The monoisotopic (exact) mass is 490 g/mol. The van der Waals surface area contributed by atoms with E-state index in [2.05, 4.69) is 58.3 Å². The number of hydrogen-bond acceptors (Lipinski definition) is 4. The SMILES string of the molecule is COc1ccccc1C1CCN(C[C@H]2CN([C@@H](C(=O)O)C3CCCCC3)CC2c2ccccc2)CC1. The Morgan fingerprint density at radius 1 is 0.944 bits per heavy atom. The molecule has 0 spiro atoms. The van der Waals surface area contributed by atoms with Gasteiger partial charge < -0.3 is 14.7 Å². The number of para-hydroxylation sites is 1. The number of methoxy groups -OCH3 is 1. The van der Waals surface area contributed by atoms with E-state index in [9.17, 15) is 9.90 Å². The second-order valence-electron chi connectivity index (χ2n) is 11.2. The smallest absolute Gasteiger partial charge is 0.321 e. The maximum absolute atomic E-state index is 12.5. The van der Waals surface area contributed by atoms with Crippen LogP contribution in [-0.2, 0) is 4.79 Å². The molecular formula is C31H42N2O3. The van der Waals surface area contributed by atoms with Crippen LogP contribution in [-0.4, -0.2) is 66.8 Å². The van der Waals surface area contributed by atoms with Crippen LogP contribution >= 0.6 is 0 Å². The molecule has 5 heteroatoms. The fourth-order valence-corrected chi connectivity index (χ4v) is 7.26. The van der Waals surface area contributed by atoms with Gasteiger partial charge in [0.15, 0.2) is 0 Å². The molecule has 3 aliphatic rings. The maximum atomic E-state index is 12.5. The number of piperidine rings is 1. The van der Waals surface area contributed by atoms with Crippen LogP contribution in [0.25, 0.3) is 0 Å². The molecule has 2 aliphatic heterocycles. The Bertz CT molecular complexity index is 982. The van der Waals surface area contributed by atoms with Crippen molar-refractivity contribution < 1.29 is 14.6 Å². The first kappa shape index (κ1) is 25.3. The van der Waals surface area contributed by atoms with E-state index >= 15 is 0 Å². The molecule has 1 unspecified atom stereocenters. The summed E-state index contributed by atoms with van der Waals surface area (Å²) in [7, 11) is 1.77. The Kier molecular flexibility index (Phi) is 8.28. The second kappa shape index (κ2) is 11.8. The lowest BCUT2D eigenvalue weighted by Gasteiger charge is -2.35. The van der Waals surface area contributed by atoms with Crippen molar-refractivity contribution in [1.29, 1.82) is 0 Å². The maximum Gasteiger partial charge on any atom is 0.321 e. The zero-order valence-electron chi connectivity index (χ0n) is 21.7. The first-order valence-corrected chi connectivity index (χ1v) is 14.0. The van der Waals surface area contributed by atoms with E-state index in [0.717, 1.165) is 64.2 Å². The van der Waals surface area contributed by atoms with Gasteiger partial charge >= 0.3 is 5.97 Å².